The van der Waals surface area contributed by atoms with Crippen molar-refractivity contribution in [2.75, 3.05) is 19.5 Å². The van der Waals surface area contributed by atoms with Crippen molar-refractivity contribution in [1.82, 2.24) is 5.43 Å². The number of hydrogen-bond donors (Lipinski definition) is 2. The Morgan fingerprint density at radius 1 is 0.882 bits per heavy atom. The number of para-hydroxylation sites is 2. The van der Waals surface area contributed by atoms with Crippen LogP contribution in [0.15, 0.2) is 71.8 Å². The summed E-state index contributed by atoms with van der Waals surface area (Å²) in [6, 6.07) is 18.1. The van der Waals surface area contributed by atoms with Crippen molar-refractivity contribution in [3.8, 4) is 17.2 Å². The third-order valence-corrected chi connectivity index (χ3v) is 4.81. The summed E-state index contributed by atoms with van der Waals surface area (Å²) in [5, 5.41) is 6.46. The summed E-state index contributed by atoms with van der Waals surface area (Å²) in [6.07, 6.45) is 0. The van der Waals surface area contributed by atoms with Crippen LogP contribution in [0.1, 0.15) is 18.1 Å². The highest BCUT2D eigenvalue weighted by molar-refractivity contribution is 6.39. The topological polar surface area (TPSA) is 98.2 Å². The van der Waals surface area contributed by atoms with Crippen molar-refractivity contribution in [2.24, 2.45) is 5.10 Å². The first kappa shape index (κ1) is 24.2. The van der Waals surface area contributed by atoms with Crippen molar-refractivity contribution in [1.29, 1.82) is 0 Å². The minimum absolute atomic E-state index is 0.0345. The maximum absolute atomic E-state index is 13.8. The van der Waals surface area contributed by atoms with E-state index in [2.05, 4.69) is 15.8 Å². The molecule has 0 fully saturated rings. The van der Waals surface area contributed by atoms with Gasteiger partial charge in [-0.2, -0.15) is 5.10 Å². The number of rotatable bonds is 8. The zero-order valence-electron chi connectivity index (χ0n) is 18.9. The Kier molecular flexibility index (Phi) is 8.17. The molecular weight excluding hydrogens is 441 g/mol. The molecule has 0 radical (unpaired) electrons. The fourth-order valence-corrected chi connectivity index (χ4v) is 2.96. The highest BCUT2D eigenvalue weighted by atomic mass is 19.1. The molecule has 0 spiro atoms. The molecule has 3 aromatic rings. The maximum Gasteiger partial charge on any atom is 0.329 e. The summed E-state index contributed by atoms with van der Waals surface area (Å²) >= 11 is 0. The van der Waals surface area contributed by atoms with Gasteiger partial charge in [-0.15, -0.1) is 0 Å². The van der Waals surface area contributed by atoms with E-state index in [-0.39, 0.29) is 12.4 Å². The van der Waals surface area contributed by atoms with Gasteiger partial charge in [-0.1, -0.05) is 30.3 Å². The average Bonchev–Trinajstić information content (AvgIpc) is 2.86. The summed E-state index contributed by atoms with van der Waals surface area (Å²) in [7, 11) is 2.94. The van der Waals surface area contributed by atoms with Crippen LogP contribution in [0.25, 0.3) is 0 Å². The monoisotopic (exact) mass is 465 g/mol. The van der Waals surface area contributed by atoms with E-state index < -0.39 is 11.8 Å². The number of nitrogens with one attached hydrogen (secondary N) is 2. The first-order valence-electron chi connectivity index (χ1n) is 10.3. The molecule has 0 unspecified atom stereocenters. The number of benzene rings is 3. The molecule has 0 heterocycles. The second-order valence-corrected chi connectivity index (χ2v) is 7.04. The quantitative estimate of drug-likeness (QED) is 0.299. The smallest absolute Gasteiger partial charge is 0.329 e. The van der Waals surface area contributed by atoms with Gasteiger partial charge in [0, 0.05) is 11.1 Å². The molecule has 0 bridgehead atoms. The van der Waals surface area contributed by atoms with E-state index in [1.165, 1.54) is 20.3 Å². The molecular formula is C25H24FN3O5. The van der Waals surface area contributed by atoms with Crippen molar-refractivity contribution >= 4 is 23.2 Å². The molecule has 0 saturated heterocycles. The fraction of sp³-hybridized carbons (Fsp3) is 0.160. The molecule has 8 nitrogen and oxygen atoms in total. The Bertz CT molecular complexity index is 1210. The van der Waals surface area contributed by atoms with Crippen molar-refractivity contribution in [2.45, 2.75) is 13.5 Å². The third-order valence-electron chi connectivity index (χ3n) is 4.81. The highest BCUT2D eigenvalue weighted by Crippen LogP contribution is 2.29. The van der Waals surface area contributed by atoms with Gasteiger partial charge in [0.1, 0.15) is 18.2 Å². The predicted octanol–water partition coefficient (Wildman–Crippen LogP) is 3.90. The van der Waals surface area contributed by atoms with Crippen molar-refractivity contribution < 1.29 is 28.2 Å². The molecule has 0 atom stereocenters. The Hall–Kier alpha value is -4.40. The molecule has 2 N–H and O–H groups in total. The number of carbonyl (C=O) groups excluding carboxylic acids is 2. The number of hydrogen-bond acceptors (Lipinski definition) is 6. The van der Waals surface area contributed by atoms with Gasteiger partial charge >= 0.3 is 11.8 Å². The van der Waals surface area contributed by atoms with Gasteiger partial charge in [-0.25, -0.2) is 9.82 Å². The van der Waals surface area contributed by atoms with E-state index in [1.54, 1.807) is 67.6 Å². The van der Waals surface area contributed by atoms with E-state index in [0.29, 0.717) is 39.8 Å². The number of amides is 2. The molecule has 0 aromatic heterocycles. The number of carbonyl (C=O) groups is 2. The zero-order valence-corrected chi connectivity index (χ0v) is 18.9. The van der Waals surface area contributed by atoms with Crippen LogP contribution in [0.2, 0.25) is 0 Å². The van der Waals surface area contributed by atoms with E-state index in [9.17, 15) is 14.0 Å². The van der Waals surface area contributed by atoms with Gasteiger partial charge in [0.25, 0.3) is 0 Å². The molecule has 0 aliphatic heterocycles. The normalized spacial score (nSPS) is 10.9. The molecule has 0 aliphatic rings. The second kappa shape index (κ2) is 11.5. The third kappa shape index (κ3) is 6.10. The second-order valence-electron chi connectivity index (χ2n) is 7.04. The minimum atomic E-state index is -0.943. The van der Waals surface area contributed by atoms with Crippen LogP contribution in [0.4, 0.5) is 10.1 Å². The Morgan fingerprint density at radius 2 is 1.59 bits per heavy atom. The summed E-state index contributed by atoms with van der Waals surface area (Å²) < 4.78 is 30.0. The lowest BCUT2D eigenvalue weighted by Crippen LogP contribution is -2.33. The zero-order chi connectivity index (χ0) is 24.5. The first-order valence-corrected chi connectivity index (χ1v) is 10.3. The molecule has 2 amide bonds. The van der Waals surface area contributed by atoms with E-state index in [4.69, 9.17) is 14.2 Å². The van der Waals surface area contributed by atoms with Crippen LogP contribution < -0.4 is 25.0 Å². The van der Waals surface area contributed by atoms with Gasteiger partial charge < -0.3 is 19.5 Å². The lowest BCUT2D eigenvalue weighted by molar-refractivity contribution is -0.136. The number of halogens is 1. The maximum atomic E-state index is 13.8. The van der Waals surface area contributed by atoms with Crippen LogP contribution in [0.3, 0.4) is 0 Å². The molecule has 3 aromatic carbocycles. The van der Waals surface area contributed by atoms with Gasteiger partial charge in [0.2, 0.25) is 0 Å². The summed E-state index contributed by atoms with van der Waals surface area (Å²) in [5.74, 6) is -0.942. The van der Waals surface area contributed by atoms with Crippen LogP contribution in [0.5, 0.6) is 17.2 Å². The SMILES string of the molecule is COc1ccccc1NC(=O)C(=O)N/N=C(\C)c1ccc(OCc2ccccc2F)c(OC)c1. The summed E-state index contributed by atoms with van der Waals surface area (Å²) in [6.45, 7) is 1.69. The van der Waals surface area contributed by atoms with Gasteiger partial charge in [0.05, 0.1) is 25.6 Å². The lowest BCUT2D eigenvalue weighted by Gasteiger charge is -2.13. The average molecular weight is 465 g/mol. The summed E-state index contributed by atoms with van der Waals surface area (Å²) in [5.41, 5.74) is 4.06. The fourth-order valence-electron chi connectivity index (χ4n) is 2.96. The molecule has 3 rings (SSSR count). The Morgan fingerprint density at radius 3 is 2.32 bits per heavy atom. The first-order chi connectivity index (χ1) is 16.4. The van der Waals surface area contributed by atoms with Gasteiger partial charge in [-0.3, -0.25) is 9.59 Å². The number of anilines is 1. The Balaban J connectivity index is 1.64. The van der Waals surface area contributed by atoms with Crippen LogP contribution in [-0.2, 0) is 16.2 Å². The molecule has 0 saturated carbocycles. The van der Waals surface area contributed by atoms with E-state index in [1.807, 2.05) is 0 Å². The number of methoxy groups -OCH3 is 2. The van der Waals surface area contributed by atoms with Gasteiger partial charge in [0.15, 0.2) is 11.5 Å². The number of ether oxygens (including phenoxy) is 3. The Labute approximate surface area is 196 Å². The molecule has 9 heteroatoms. The van der Waals surface area contributed by atoms with Crippen molar-refractivity contribution in [3.05, 3.63) is 83.7 Å². The predicted molar refractivity (Wildman–Crippen MR) is 126 cm³/mol. The van der Waals surface area contributed by atoms with Crippen LogP contribution >= 0.6 is 0 Å². The largest absolute Gasteiger partial charge is 0.495 e. The van der Waals surface area contributed by atoms with E-state index >= 15 is 0 Å². The number of nitrogens with zero attached hydrogens (tertiary/aromatic N) is 1. The van der Waals surface area contributed by atoms with Crippen LogP contribution in [0, 0.1) is 5.82 Å². The lowest BCUT2D eigenvalue weighted by atomic mass is 10.1. The van der Waals surface area contributed by atoms with Crippen molar-refractivity contribution in [3.63, 3.8) is 0 Å². The van der Waals surface area contributed by atoms with Gasteiger partial charge in [-0.05, 0) is 43.3 Å². The number of hydrazone groups is 1. The minimum Gasteiger partial charge on any atom is -0.495 e. The highest BCUT2D eigenvalue weighted by Gasteiger charge is 2.16. The molecule has 0 aliphatic carbocycles. The standard InChI is InChI=1S/C25H24FN3O5/c1-16(28-29-25(31)24(30)27-20-10-6-7-11-21(20)32-2)17-12-13-22(23(14-17)33-3)34-15-18-8-4-5-9-19(18)26/h4-14H,15H2,1-3H3,(H,27,30)(H,29,31)/b28-16+. The summed E-state index contributed by atoms with van der Waals surface area (Å²) in [4.78, 5) is 24.3. The molecule has 34 heavy (non-hydrogen) atoms. The van der Waals surface area contributed by atoms with Crippen LogP contribution in [-0.4, -0.2) is 31.7 Å². The molecule has 176 valence electrons. The van der Waals surface area contributed by atoms with E-state index in [0.717, 1.165) is 0 Å².